The number of hydrogen-bond acceptors (Lipinski definition) is 6. The number of piperidine rings is 1. The van der Waals surface area contributed by atoms with E-state index in [1.54, 1.807) is 17.3 Å². The molecule has 8 nitrogen and oxygen atoms in total. The molecule has 142 valence electrons. The van der Waals surface area contributed by atoms with Crippen LogP contribution < -0.4 is 5.32 Å². The number of nitrogens with zero attached hydrogens (tertiary/aromatic N) is 5. The lowest BCUT2D eigenvalue weighted by Crippen LogP contribution is -2.48. The molecule has 2 atom stereocenters. The molecular formula is C20H21N7O. The molecule has 0 bridgehead atoms. The van der Waals surface area contributed by atoms with E-state index in [9.17, 15) is 4.79 Å². The monoisotopic (exact) mass is 375 g/mol. The van der Waals surface area contributed by atoms with Gasteiger partial charge in [0, 0.05) is 48.7 Å². The van der Waals surface area contributed by atoms with Crippen molar-refractivity contribution in [3.63, 3.8) is 0 Å². The van der Waals surface area contributed by atoms with Gasteiger partial charge in [-0.05, 0) is 24.5 Å². The molecule has 2 unspecified atom stereocenters. The maximum Gasteiger partial charge on any atom is 0.236 e. The maximum absolute atomic E-state index is 12.2. The fourth-order valence-corrected chi connectivity index (χ4v) is 3.85. The van der Waals surface area contributed by atoms with Crippen molar-refractivity contribution in [3.8, 4) is 17.3 Å². The predicted octanol–water partition coefficient (Wildman–Crippen LogP) is 2.58. The largest absolute Gasteiger partial charge is 0.379 e. The SMILES string of the molecule is CC1CC(Nc2c(-c3ccncn3)cnc3[nH]ccc23)CN(C(=O)CC#N)C1. The van der Waals surface area contributed by atoms with E-state index >= 15 is 0 Å². The van der Waals surface area contributed by atoms with Gasteiger partial charge in [0.2, 0.25) is 5.91 Å². The molecular weight excluding hydrogens is 354 g/mol. The highest BCUT2D eigenvalue weighted by Crippen LogP contribution is 2.34. The van der Waals surface area contributed by atoms with Crippen LogP contribution >= 0.6 is 0 Å². The van der Waals surface area contributed by atoms with Crippen LogP contribution in [0.25, 0.3) is 22.3 Å². The zero-order chi connectivity index (χ0) is 19.5. The minimum absolute atomic E-state index is 0.0764. The summed E-state index contributed by atoms with van der Waals surface area (Å²) in [4.78, 5) is 30.0. The number of pyridine rings is 1. The van der Waals surface area contributed by atoms with Crippen LogP contribution in [-0.4, -0.2) is 49.9 Å². The number of hydrogen-bond donors (Lipinski definition) is 2. The highest BCUT2D eigenvalue weighted by molar-refractivity contribution is 5.97. The van der Waals surface area contributed by atoms with E-state index in [1.165, 1.54) is 6.33 Å². The number of fused-ring (bicyclic) bond motifs is 1. The molecule has 3 aromatic heterocycles. The van der Waals surface area contributed by atoms with E-state index in [2.05, 4.69) is 32.2 Å². The second-order valence-corrected chi connectivity index (χ2v) is 7.20. The summed E-state index contributed by atoms with van der Waals surface area (Å²) >= 11 is 0. The van der Waals surface area contributed by atoms with Crippen LogP contribution in [0.1, 0.15) is 19.8 Å². The van der Waals surface area contributed by atoms with Gasteiger partial charge < -0.3 is 15.2 Å². The topological polar surface area (TPSA) is 111 Å². The van der Waals surface area contributed by atoms with Crippen LogP contribution in [0.5, 0.6) is 0 Å². The Morgan fingerprint density at radius 2 is 2.29 bits per heavy atom. The summed E-state index contributed by atoms with van der Waals surface area (Å²) in [6.45, 7) is 3.39. The molecule has 1 fully saturated rings. The number of nitrogens with one attached hydrogen (secondary N) is 2. The number of nitriles is 1. The van der Waals surface area contributed by atoms with Gasteiger partial charge in [-0.2, -0.15) is 5.26 Å². The average molecular weight is 375 g/mol. The van der Waals surface area contributed by atoms with Gasteiger partial charge in [-0.25, -0.2) is 15.0 Å². The maximum atomic E-state index is 12.2. The molecule has 0 aromatic carbocycles. The number of aromatic nitrogens is 4. The van der Waals surface area contributed by atoms with Crippen LogP contribution in [0.4, 0.5) is 5.69 Å². The Labute approximate surface area is 162 Å². The first kappa shape index (κ1) is 17.9. The Kier molecular flexibility index (Phi) is 4.89. The lowest BCUT2D eigenvalue weighted by molar-refractivity contribution is -0.132. The van der Waals surface area contributed by atoms with E-state index in [0.717, 1.165) is 34.4 Å². The van der Waals surface area contributed by atoms with Crippen molar-refractivity contribution in [1.29, 1.82) is 5.26 Å². The number of anilines is 1. The Balaban J connectivity index is 1.68. The molecule has 3 aromatic rings. The highest BCUT2D eigenvalue weighted by Gasteiger charge is 2.28. The molecule has 4 heterocycles. The fraction of sp³-hybridized carbons (Fsp3) is 0.350. The number of amides is 1. The molecule has 0 radical (unpaired) electrons. The van der Waals surface area contributed by atoms with Crippen molar-refractivity contribution < 1.29 is 4.79 Å². The van der Waals surface area contributed by atoms with Crippen molar-refractivity contribution in [1.82, 2.24) is 24.8 Å². The van der Waals surface area contributed by atoms with Crippen molar-refractivity contribution in [2.75, 3.05) is 18.4 Å². The first-order valence-electron chi connectivity index (χ1n) is 9.29. The molecule has 28 heavy (non-hydrogen) atoms. The number of carbonyl (C=O) groups excluding carboxylic acids is 1. The second-order valence-electron chi connectivity index (χ2n) is 7.20. The van der Waals surface area contributed by atoms with Crippen molar-refractivity contribution in [2.24, 2.45) is 5.92 Å². The smallest absolute Gasteiger partial charge is 0.236 e. The number of aromatic amines is 1. The quantitative estimate of drug-likeness (QED) is 0.725. The van der Waals surface area contributed by atoms with Crippen molar-refractivity contribution in [3.05, 3.63) is 37.1 Å². The summed E-state index contributed by atoms with van der Waals surface area (Å²) in [5.74, 6) is 0.235. The molecule has 1 amide bonds. The molecule has 1 saturated heterocycles. The summed E-state index contributed by atoms with van der Waals surface area (Å²) in [5.41, 5.74) is 3.41. The number of rotatable bonds is 4. The standard InChI is InChI=1S/C20H21N7O/c1-13-8-14(11-27(10-13)18(28)2-5-21)26-19-15-3-7-23-20(15)24-9-16(19)17-4-6-22-12-25-17/h3-4,6-7,9,12-14H,2,8,10-11H2,1H3,(H2,23,24,26). The molecule has 4 rings (SSSR count). The second kappa shape index (κ2) is 7.64. The first-order chi connectivity index (χ1) is 13.7. The molecule has 0 saturated carbocycles. The normalized spacial score (nSPS) is 19.4. The van der Waals surface area contributed by atoms with E-state index in [0.29, 0.717) is 19.0 Å². The van der Waals surface area contributed by atoms with Gasteiger partial charge in [0.1, 0.15) is 18.4 Å². The van der Waals surface area contributed by atoms with Crippen molar-refractivity contribution >= 4 is 22.6 Å². The minimum atomic E-state index is -0.113. The van der Waals surface area contributed by atoms with Crippen molar-refractivity contribution in [2.45, 2.75) is 25.8 Å². The number of likely N-dealkylation sites (tertiary alicyclic amines) is 1. The summed E-state index contributed by atoms with van der Waals surface area (Å²) in [7, 11) is 0. The number of H-pyrrole nitrogens is 1. The lowest BCUT2D eigenvalue weighted by Gasteiger charge is -2.37. The molecule has 1 aliphatic rings. The average Bonchev–Trinajstić information content (AvgIpc) is 3.18. The van der Waals surface area contributed by atoms with E-state index in [1.807, 2.05) is 24.4 Å². The van der Waals surface area contributed by atoms with Gasteiger partial charge in [0.05, 0.1) is 17.5 Å². The van der Waals surface area contributed by atoms with Gasteiger partial charge in [0.25, 0.3) is 0 Å². The van der Waals surface area contributed by atoms with Crippen LogP contribution in [0, 0.1) is 17.2 Å². The zero-order valence-corrected chi connectivity index (χ0v) is 15.6. The van der Waals surface area contributed by atoms with E-state index in [4.69, 9.17) is 5.26 Å². The van der Waals surface area contributed by atoms with Gasteiger partial charge >= 0.3 is 0 Å². The summed E-state index contributed by atoms with van der Waals surface area (Å²) in [6.07, 6.45) is 7.74. The van der Waals surface area contributed by atoms with Gasteiger partial charge in [0.15, 0.2) is 0 Å². The summed E-state index contributed by atoms with van der Waals surface area (Å²) < 4.78 is 0. The van der Waals surface area contributed by atoms with Gasteiger partial charge in [-0.15, -0.1) is 0 Å². The molecule has 1 aliphatic heterocycles. The third kappa shape index (κ3) is 3.51. The summed E-state index contributed by atoms with van der Waals surface area (Å²) in [6, 6.07) is 5.87. The number of carbonyl (C=O) groups is 1. The summed E-state index contributed by atoms with van der Waals surface area (Å²) in [5, 5.41) is 13.5. The zero-order valence-electron chi connectivity index (χ0n) is 15.6. The highest BCUT2D eigenvalue weighted by atomic mass is 16.2. The minimum Gasteiger partial charge on any atom is -0.379 e. The van der Waals surface area contributed by atoms with Crippen LogP contribution in [0.3, 0.4) is 0 Å². The predicted molar refractivity (Wildman–Crippen MR) is 105 cm³/mol. The molecule has 0 spiro atoms. The Morgan fingerprint density at radius 1 is 1.39 bits per heavy atom. The van der Waals surface area contributed by atoms with Gasteiger partial charge in [-0.1, -0.05) is 6.92 Å². The Morgan fingerprint density at radius 3 is 3.07 bits per heavy atom. The Bertz CT molecular complexity index is 1020. The lowest BCUT2D eigenvalue weighted by atomic mass is 9.95. The van der Waals surface area contributed by atoms with Crippen LogP contribution in [-0.2, 0) is 4.79 Å². The third-order valence-electron chi connectivity index (χ3n) is 5.04. The van der Waals surface area contributed by atoms with Crippen LogP contribution in [0.2, 0.25) is 0 Å². The van der Waals surface area contributed by atoms with Crippen LogP contribution in [0.15, 0.2) is 37.1 Å². The third-order valence-corrected chi connectivity index (χ3v) is 5.04. The fourth-order valence-electron chi connectivity index (χ4n) is 3.85. The molecule has 0 aliphatic carbocycles. The van der Waals surface area contributed by atoms with E-state index < -0.39 is 0 Å². The Hall–Kier alpha value is -3.47. The van der Waals surface area contributed by atoms with Gasteiger partial charge in [-0.3, -0.25) is 4.79 Å². The first-order valence-corrected chi connectivity index (χ1v) is 9.29. The van der Waals surface area contributed by atoms with E-state index in [-0.39, 0.29) is 18.4 Å². The molecule has 2 N–H and O–H groups in total. The molecule has 8 heteroatoms.